The van der Waals surface area contributed by atoms with Crippen LogP contribution in [-0.4, -0.2) is 35.6 Å². The smallest absolute Gasteiger partial charge is 0.164 e. The fraction of sp³-hybridized carbons (Fsp3) is 0.364. The van der Waals surface area contributed by atoms with Crippen molar-refractivity contribution in [2.75, 3.05) is 7.05 Å². The van der Waals surface area contributed by atoms with Gasteiger partial charge in [-0.25, -0.2) is 0 Å². The Kier molecular flexibility index (Phi) is 8.45. The van der Waals surface area contributed by atoms with E-state index in [4.69, 9.17) is 11.6 Å². The second-order valence-electron chi connectivity index (χ2n) is 7.03. The molecule has 0 bridgehead atoms. The minimum Gasteiger partial charge on any atom is -0.300 e. The van der Waals surface area contributed by atoms with Gasteiger partial charge in [0, 0.05) is 41.1 Å². The molecule has 2 aromatic rings. The van der Waals surface area contributed by atoms with Gasteiger partial charge in [-0.3, -0.25) is 14.5 Å². The Hall–Kier alpha value is -1.24. The van der Waals surface area contributed by atoms with E-state index in [1.54, 1.807) is 24.3 Å². The van der Waals surface area contributed by atoms with Crippen molar-refractivity contribution in [1.29, 1.82) is 0 Å². The molecule has 0 N–H and O–H groups in total. The van der Waals surface area contributed by atoms with E-state index in [1.807, 2.05) is 37.4 Å². The number of hydrogen-bond donors (Lipinski definition) is 0. The maximum atomic E-state index is 12.6. The van der Waals surface area contributed by atoms with Gasteiger partial charge in [-0.2, -0.15) is 0 Å². The molecule has 0 saturated carbocycles. The number of carbonyl (C=O) groups is 2. The van der Waals surface area contributed by atoms with Crippen LogP contribution in [0, 0.1) is 0 Å². The molecule has 2 aromatic carbocycles. The molecule has 27 heavy (non-hydrogen) atoms. The largest absolute Gasteiger partial charge is 0.300 e. The third-order valence-corrected chi connectivity index (χ3v) is 5.58. The summed E-state index contributed by atoms with van der Waals surface area (Å²) in [6.07, 6.45) is 4.03. The molecule has 1 fully saturated rings. The van der Waals surface area contributed by atoms with Crippen LogP contribution in [-0.2, 0) is 0 Å². The Morgan fingerprint density at radius 2 is 1.37 bits per heavy atom. The van der Waals surface area contributed by atoms with E-state index in [0.29, 0.717) is 23.4 Å². The van der Waals surface area contributed by atoms with Gasteiger partial charge in [0.1, 0.15) is 0 Å². The highest BCUT2D eigenvalue weighted by molar-refractivity contribution is 14.0. The third kappa shape index (κ3) is 5.87. The van der Waals surface area contributed by atoms with Gasteiger partial charge < -0.3 is 0 Å². The quantitative estimate of drug-likeness (QED) is 0.382. The van der Waals surface area contributed by atoms with Crippen molar-refractivity contribution in [3.05, 3.63) is 70.7 Å². The number of Topliss-reactive ketones (excluding diaryl/α,β-unsaturated/α-hetero) is 2. The number of piperidine rings is 1. The molecule has 2 atom stereocenters. The number of nitrogens with zero attached hydrogens (tertiary/aromatic N) is 1. The molecular formula is C22H25ClINO2. The summed E-state index contributed by atoms with van der Waals surface area (Å²) in [5, 5.41) is 0.635. The number of halogens is 2. The summed E-state index contributed by atoms with van der Waals surface area (Å²) in [7, 11) is 2.04. The van der Waals surface area contributed by atoms with Crippen molar-refractivity contribution in [3.8, 4) is 0 Å². The lowest BCUT2D eigenvalue weighted by Gasteiger charge is -2.39. The van der Waals surface area contributed by atoms with Crippen LogP contribution < -0.4 is 0 Å². The predicted molar refractivity (Wildman–Crippen MR) is 120 cm³/mol. The van der Waals surface area contributed by atoms with Crippen molar-refractivity contribution in [1.82, 2.24) is 4.90 Å². The van der Waals surface area contributed by atoms with Gasteiger partial charge in [0.2, 0.25) is 0 Å². The van der Waals surface area contributed by atoms with E-state index < -0.39 is 0 Å². The molecule has 0 aliphatic carbocycles. The zero-order chi connectivity index (χ0) is 18.5. The number of carbonyl (C=O) groups excluding carboxylic acids is 2. The number of likely N-dealkylation sites (tertiary alicyclic amines) is 1. The SMILES string of the molecule is CN1C(CC(=O)c2ccccc2)CCCC1CC(=O)c1ccc(Cl)cc1.I. The zero-order valence-electron chi connectivity index (χ0n) is 15.4. The first-order valence-electron chi connectivity index (χ1n) is 9.13. The maximum absolute atomic E-state index is 12.6. The van der Waals surface area contributed by atoms with E-state index in [2.05, 4.69) is 4.90 Å². The first kappa shape index (κ1) is 22.1. The summed E-state index contributed by atoms with van der Waals surface area (Å²) in [5.41, 5.74) is 1.46. The topological polar surface area (TPSA) is 37.4 Å². The van der Waals surface area contributed by atoms with Gasteiger partial charge in [-0.1, -0.05) is 48.4 Å². The van der Waals surface area contributed by atoms with E-state index in [9.17, 15) is 9.59 Å². The summed E-state index contributed by atoms with van der Waals surface area (Å²) >= 11 is 5.90. The molecule has 0 spiro atoms. The fourth-order valence-corrected chi connectivity index (χ4v) is 3.84. The first-order valence-corrected chi connectivity index (χ1v) is 9.51. The maximum Gasteiger partial charge on any atom is 0.164 e. The average Bonchev–Trinajstić information content (AvgIpc) is 2.66. The van der Waals surface area contributed by atoms with Crippen LogP contribution in [0.15, 0.2) is 54.6 Å². The molecule has 1 saturated heterocycles. The lowest BCUT2D eigenvalue weighted by atomic mass is 9.88. The molecule has 1 aliphatic rings. The highest BCUT2D eigenvalue weighted by Crippen LogP contribution is 2.27. The summed E-state index contributed by atoms with van der Waals surface area (Å²) in [6.45, 7) is 0. The van der Waals surface area contributed by atoms with Crippen LogP contribution in [0.3, 0.4) is 0 Å². The Bertz CT molecular complexity index is 764. The van der Waals surface area contributed by atoms with Gasteiger partial charge in [0.15, 0.2) is 11.6 Å². The Morgan fingerprint density at radius 3 is 1.89 bits per heavy atom. The minimum absolute atomic E-state index is 0. The fourth-order valence-electron chi connectivity index (χ4n) is 3.71. The van der Waals surface area contributed by atoms with Gasteiger partial charge in [-0.15, -0.1) is 24.0 Å². The summed E-state index contributed by atoms with van der Waals surface area (Å²) in [6, 6.07) is 16.9. The zero-order valence-corrected chi connectivity index (χ0v) is 18.5. The molecule has 0 aromatic heterocycles. The molecule has 0 radical (unpaired) electrons. The van der Waals surface area contributed by atoms with Crippen LogP contribution in [0.4, 0.5) is 0 Å². The molecule has 1 aliphatic heterocycles. The van der Waals surface area contributed by atoms with Gasteiger partial charge >= 0.3 is 0 Å². The van der Waals surface area contributed by atoms with Crippen molar-refractivity contribution >= 4 is 47.1 Å². The molecule has 5 heteroatoms. The normalized spacial score (nSPS) is 19.9. The average molecular weight is 498 g/mol. The highest BCUT2D eigenvalue weighted by Gasteiger charge is 2.30. The van der Waals surface area contributed by atoms with Crippen LogP contribution in [0.1, 0.15) is 52.8 Å². The number of hydrogen-bond acceptors (Lipinski definition) is 3. The second kappa shape index (κ2) is 10.3. The highest BCUT2D eigenvalue weighted by atomic mass is 127. The lowest BCUT2D eigenvalue weighted by molar-refractivity contribution is 0.0723. The molecule has 144 valence electrons. The van der Waals surface area contributed by atoms with E-state index in [-0.39, 0.29) is 47.6 Å². The summed E-state index contributed by atoms with van der Waals surface area (Å²) in [5.74, 6) is 0.306. The first-order chi connectivity index (χ1) is 12.5. The Balaban J connectivity index is 0.00000261. The molecule has 3 nitrogen and oxygen atoms in total. The summed E-state index contributed by atoms with van der Waals surface area (Å²) < 4.78 is 0. The number of rotatable bonds is 6. The van der Waals surface area contributed by atoms with Gasteiger partial charge in [0.05, 0.1) is 0 Å². The molecule has 2 unspecified atom stereocenters. The molecule has 1 heterocycles. The molecule has 3 rings (SSSR count). The number of ketones is 2. The van der Waals surface area contributed by atoms with E-state index >= 15 is 0 Å². The Labute approximate surface area is 183 Å². The van der Waals surface area contributed by atoms with E-state index in [1.165, 1.54) is 0 Å². The van der Waals surface area contributed by atoms with Crippen LogP contribution >= 0.6 is 35.6 Å². The third-order valence-electron chi connectivity index (χ3n) is 5.33. The van der Waals surface area contributed by atoms with E-state index in [0.717, 1.165) is 24.8 Å². The Morgan fingerprint density at radius 1 is 0.889 bits per heavy atom. The van der Waals surface area contributed by atoms with Gasteiger partial charge in [-0.05, 0) is 44.2 Å². The minimum atomic E-state index is 0. The summed E-state index contributed by atoms with van der Waals surface area (Å²) in [4.78, 5) is 27.4. The van der Waals surface area contributed by atoms with Crippen LogP contribution in [0.5, 0.6) is 0 Å². The molecular weight excluding hydrogens is 473 g/mol. The van der Waals surface area contributed by atoms with Crippen molar-refractivity contribution in [3.63, 3.8) is 0 Å². The predicted octanol–water partition coefficient (Wildman–Crippen LogP) is 5.66. The second-order valence-corrected chi connectivity index (χ2v) is 7.47. The van der Waals surface area contributed by atoms with Crippen molar-refractivity contribution in [2.45, 2.75) is 44.2 Å². The standard InChI is InChI=1S/C22H24ClNO2.HI/c1-24-19(14-21(25)16-6-3-2-4-7-16)8-5-9-20(24)15-22(26)17-10-12-18(23)13-11-17;/h2-4,6-7,10-13,19-20H,5,8-9,14-15H2,1H3;1H. The number of benzene rings is 2. The van der Waals surface area contributed by atoms with Crippen molar-refractivity contribution < 1.29 is 9.59 Å². The molecule has 0 amide bonds. The monoisotopic (exact) mass is 497 g/mol. The van der Waals surface area contributed by atoms with Crippen molar-refractivity contribution in [2.24, 2.45) is 0 Å². The van der Waals surface area contributed by atoms with Gasteiger partial charge in [0.25, 0.3) is 0 Å². The lowest BCUT2D eigenvalue weighted by Crippen LogP contribution is -2.45. The van der Waals surface area contributed by atoms with Crippen LogP contribution in [0.25, 0.3) is 0 Å². The van der Waals surface area contributed by atoms with Crippen LogP contribution in [0.2, 0.25) is 5.02 Å².